The van der Waals surface area contributed by atoms with Crippen molar-refractivity contribution in [3.63, 3.8) is 0 Å². The lowest BCUT2D eigenvalue weighted by atomic mass is 10.1. The topological polar surface area (TPSA) is 33.4 Å². The average molecular weight is 263 g/mol. The quantitative estimate of drug-likeness (QED) is 0.663. The van der Waals surface area contributed by atoms with Crippen molar-refractivity contribution in [2.24, 2.45) is 0 Å². The number of halogens is 1. The number of fused-ring (bicyclic) bond motifs is 3. The maximum atomic E-state index is 9.41. The third-order valence-electron chi connectivity index (χ3n) is 2.42. The van der Waals surface area contributed by atoms with Crippen LogP contribution in [-0.2, 0) is 0 Å². The van der Waals surface area contributed by atoms with Crippen LogP contribution in [-0.4, -0.2) is 5.11 Å². The van der Waals surface area contributed by atoms with Crippen molar-refractivity contribution in [1.29, 1.82) is 0 Å². The molecule has 0 atom stereocenters. The van der Waals surface area contributed by atoms with E-state index in [0.717, 1.165) is 26.4 Å². The Kier molecular flexibility index (Phi) is 1.76. The second-order valence-corrected chi connectivity index (χ2v) is 4.34. The molecule has 0 saturated heterocycles. The molecule has 0 aliphatic heterocycles. The van der Waals surface area contributed by atoms with Gasteiger partial charge in [0.25, 0.3) is 0 Å². The summed E-state index contributed by atoms with van der Waals surface area (Å²) in [6.07, 6.45) is 0. The second-order valence-electron chi connectivity index (χ2n) is 3.42. The first-order valence-corrected chi connectivity index (χ1v) is 5.34. The first-order valence-electron chi connectivity index (χ1n) is 4.55. The Morgan fingerprint density at radius 3 is 2.67 bits per heavy atom. The Balaban J connectivity index is 2.53. The summed E-state index contributed by atoms with van der Waals surface area (Å²) in [5, 5.41) is 11.4. The molecule has 0 aliphatic rings. The molecule has 0 spiro atoms. The molecule has 0 saturated carbocycles. The lowest BCUT2D eigenvalue weighted by Gasteiger charge is -1.91. The van der Waals surface area contributed by atoms with E-state index in [1.54, 1.807) is 18.2 Å². The predicted octanol–water partition coefficient (Wildman–Crippen LogP) is 4.05. The van der Waals surface area contributed by atoms with Crippen LogP contribution in [0.2, 0.25) is 0 Å². The van der Waals surface area contributed by atoms with Gasteiger partial charge in [0.2, 0.25) is 0 Å². The maximum absolute atomic E-state index is 9.41. The van der Waals surface area contributed by atoms with Crippen LogP contribution in [0.25, 0.3) is 21.9 Å². The largest absolute Gasteiger partial charge is 0.508 e. The van der Waals surface area contributed by atoms with E-state index in [1.807, 2.05) is 18.2 Å². The molecule has 2 nitrogen and oxygen atoms in total. The van der Waals surface area contributed by atoms with Crippen LogP contribution in [0.5, 0.6) is 5.75 Å². The van der Waals surface area contributed by atoms with Gasteiger partial charge in [-0.3, -0.25) is 0 Å². The molecule has 1 aromatic heterocycles. The first-order chi connectivity index (χ1) is 7.24. The highest BCUT2D eigenvalue weighted by atomic mass is 79.9. The lowest BCUT2D eigenvalue weighted by Crippen LogP contribution is -1.67. The number of hydrogen-bond acceptors (Lipinski definition) is 2. The normalized spacial score (nSPS) is 11.3. The summed E-state index contributed by atoms with van der Waals surface area (Å²) in [5.41, 5.74) is 1.62. The molecule has 3 rings (SSSR count). The van der Waals surface area contributed by atoms with Crippen LogP contribution < -0.4 is 0 Å². The van der Waals surface area contributed by atoms with Gasteiger partial charge in [-0.25, -0.2) is 0 Å². The Morgan fingerprint density at radius 1 is 0.933 bits per heavy atom. The smallest absolute Gasteiger partial charge is 0.136 e. The minimum absolute atomic E-state index is 0.258. The van der Waals surface area contributed by atoms with Gasteiger partial charge in [0, 0.05) is 15.2 Å². The van der Waals surface area contributed by atoms with Crippen molar-refractivity contribution in [3.8, 4) is 5.75 Å². The van der Waals surface area contributed by atoms with E-state index < -0.39 is 0 Å². The highest BCUT2D eigenvalue weighted by Gasteiger charge is 2.07. The van der Waals surface area contributed by atoms with Crippen molar-refractivity contribution in [1.82, 2.24) is 0 Å². The third-order valence-corrected chi connectivity index (χ3v) is 2.91. The van der Waals surface area contributed by atoms with E-state index in [0.29, 0.717) is 0 Å². The van der Waals surface area contributed by atoms with Gasteiger partial charge in [0.1, 0.15) is 16.9 Å². The van der Waals surface area contributed by atoms with Gasteiger partial charge in [0.15, 0.2) is 0 Å². The Morgan fingerprint density at radius 2 is 1.80 bits per heavy atom. The second kappa shape index (κ2) is 3.00. The molecule has 0 fully saturated rings. The number of aromatic hydroxyl groups is 1. The van der Waals surface area contributed by atoms with Gasteiger partial charge in [-0.1, -0.05) is 15.9 Å². The zero-order valence-electron chi connectivity index (χ0n) is 7.70. The van der Waals surface area contributed by atoms with Crippen molar-refractivity contribution >= 4 is 37.9 Å². The standard InChI is InChI=1S/C12H7BrO2/c13-7-1-3-9-10-6-8(14)2-4-11(10)15-12(9)5-7/h1-6,14H. The molecule has 0 radical (unpaired) electrons. The zero-order chi connectivity index (χ0) is 10.4. The molecule has 1 N–H and O–H groups in total. The fourth-order valence-corrected chi connectivity index (χ4v) is 2.08. The highest BCUT2D eigenvalue weighted by Crippen LogP contribution is 2.32. The number of hydrogen-bond donors (Lipinski definition) is 1. The molecule has 74 valence electrons. The van der Waals surface area contributed by atoms with E-state index >= 15 is 0 Å². The first kappa shape index (κ1) is 8.80. The molecule has 0 amide bonds. The molecule has 3 heteroatoms. The van der Waals surface area contributed by atoms with Crippen molar-refractivity contribution < 1.29 is 9.52 Å². The summed E-state index contributed by atoms with van der Waals surface area (Å²) in [7, 11) is 0. The van der Waals surface area contributed by atoms with E-state index in [2.05, 4.69) is 15.9 Å². The van der Waals surface area contributed by atoms with Crippen LogP contribution in [0, 0.1) is 0 Å². The van der Waals surface area contributed by atoms with Crippen LogP contribution in [0.3, 0.4) is 0 Å². The predicted molar refractivity (Wildman–Crippen MR) is 63.1 cm³/mol. The zero-order valence-corrected chi connectivity index (χ0v) is 9.28. The van der Waals surface area contributed by atoms with Crippen LogP contribution in [0.15, 0.2) is 45.3 Å². The molecule has 3 aromatic rings. The lowest BCUT2D eigenvalue weighted by molar-refractivity contribution is 0.476. The average Bonchev–Trinajstić information content (AvgIpc) is 2.54. The summed E-state index contributed by atoms with van der Waals surface area (Å²) >= 11 is 3.39. The van der Waals surface area contributed by atoms with E-state index in [-0.39, 0.29) is 5.75 Å². The molecule has 0 unspecified atom stereocenters. The molecular weight excluding hydrogens is 256 g/mol. The molecule has 2 aromatic carbocycles. The van der Waals surface area contributed by atoms with Gasteiger partial charge >= 0.3 is 0 Å². The summed E-state index contributed by atoms with van der Waals surface area (Å²) in [5.74, 6) is 0.258. The van der Waals surface area contributed by atoms with Crippen LogP contribution >= 0.6 is 15.9 Å². The fourth-order valence-electron chi connectivity index (χ4n) is 1.74. The maximum Gasteiger partial charge on any atom is 0.136 e. The number of rotatable bonds is 0. The number of phenols is 1. The molecule has 0 aliphatic carbocycles. The summed E-state index contributed by atoms with van der Waals surface area (Å²) < 4.78 is 6.63. The monoisotopic (exact) mass is 262 g/mol. The van der Waals surface area contributed by atoms with Crippen LogP contribution in [0.4, 0.5) is 0 Å². The molecular formula is C12H7BrO2. The van der Waals surface area contributed by atoms with E-state index in [1.165, 1.54) is 0 Å². The molecule has 1 heterocycles. The van der Waals surface area contributed by atoms with Gasteiger partial charge in [-0.05, 0) is 36.4 Å². The van der Waals surface area contributed by atoms with Crippen molar-refractivity contribution in [2.45, 2.75) is 0 Å². The van der Waals surface area contributed by atoms with Crippen molar-refractivity contribution in [3.05, 3.63) is 40.9 Å². The SMILES string of the molecule is Oc1ccc2oc3cc(Br)ccc3c2c1. The highest BCUT2D eigenvalue weighted by molar-refractivity contribution is 9.10. The third kappa shape index (κ3) is 1.31. The van der Waals surface area contributed by atoms with Crippen LogP contribution in [0.1, 0.15) is 0 Å². The van der Waals surface area contributed by atoms with E-state index in [4.69, 9.17) is 4.42 Å². The van der Waals surface area contributed by atoms with Gasteiger partial charge in [-0.2, -0.15) is 0 Å². The van der Waals surface area contributed by atoms with Gasteiger partial charge < -0.3 is 9.52 Å². The summed E-state index contributed by atoms with van der Waals surface area (Å²) in [6.45, 7) is 0. The molecule has 15 heavy (non-hydrogen) atoms. The van der Waals surface area contributed by atoms with E-state index in [9.17, 15) is 5.11 Å². The minimum Gasteiger partial charge on any atom is -0.508 e. The Labute approximate surface area is 94.3 Å². The van der Waals surface area contributed by atoms with Crippen molar-refractivity contribution in [2.75, 3.05) is 0 Å². The Bertz CT molecular complexity index is 655. The van der Waals surface area contributed by atoms with Gasteiger partial charge in [0.05, 0.1) is 0 Å². The molecule has 0 bridgehead atoms. The fraction of sp³-hybridized carbons (Fsp3) is 0. The van der Waals surface area contributed by atoms with Gasteiger partial charge in [-0.15, -0.1) is 0 Å². The minimum atomic E-state index is 0.258. The Hall–Kier alpha value is -1.48. The summed E-state index contributed by atoms with van der Waals surface area (Å²) in [4.78, 5) is 0. The number of phenolic OH excluding ortho intramolecular Hbond substituents is 1. The summed E-state index contributed by atoms with van der Waals surface area (Å²) in [6, 6.07) is 11.0. The number of furan rings is 1. The number of benzene rings is 2.